The molecule has 0 saturated heterocycles. The van der Waals surface area contributed by atoms with Crippen molar-refractivity contribution < 1.29 is 13.9 Å². The van der Waals surface area contributed by atoms with E-state index >= 15 is 0 Å². The van der Waals surface area contributed by atoms with Gasteiger partial charge in [0.1, 0.15) is 0 Å². The highest BCUT2D eigenvalue weighted by molar-refractivity contribution is 5.22. The maximum absolute atomic E-state index is 13.2. The van der Waals surface area contributed by atoms with Crippen LogP contribution in [0.5, 0.6) is 0 Å². The van der Waals surface area contributed by atoms with Crippen LogP contribution in [0.15, 0.2) is 36.5 Å². The summed E-state index contributed by atoms with van der Waals surface area (Å²) < 4.78 is 26.1. The second-order valence-electron chi connectivity index (χ2n) is 5.04. The van der Waals surface area contributed by atoms with Crippen LogP contribution in [0.25, 0.3) is 0 Å². The molecule has 0 fully saturated rings. The number of nitrogens with zero attached hydrogens (tertiary/aromatic N) is 1. The fourth-order valence-corrected chi connectivity index (χ4v) is 2.07. The van der Waals surface area contributed by atoms with Crippen LogP contribution < -0.4 is 5.32 Å². The van der Waals surface area contributed by atoms with Crippen LogP contribution >= 0.6 is 0 Å². The van der Waals surface area contributed by atoms with E-state index < -0.39 is 17.7 Å². The molecule has 2 unspecified atom stereocenters. The SMILES string of the molecule is Cc1ncccc1CNC(C)C(O)c1ccc(F)c(F)c1. The van der Waals surface area contributed by atoms with Gasteiger partial charge < -0.3 is 10.4 Å². The standard InChI is InChI=1S/C16H18F2N2O/c1-10-13(4-3-7-19-10)9-20-11(2)16(21)12-5-6-14(17)15(18)8-12/h3-8,11,16,20-21H,9H2,1-2H3. The van der Waals surface area contributed by atoms with E-state index in [1.807, 2.05) is 19.1 Å². The summed E-state index contributed by atoms with van der Waals surface area (Å²) >= 11 is 0. The first kappa shape index (κ1) is 15.5. The van der Waals surface area contributed by atoms with Gasteiger partial charge in [-0.1, -0.05) is 12.1 Å². The first-order chi connectivity index (χ1) is 9.99. The third kappa shape index (κ3) is 3.83. The van der Waals surface area contributed by atoms with Crippen molar-refractivity contribution in [2.75, 3.05) is 0 Å². The molecule has 2 aromatic rings. The van der Waals surface area contributed by atoms with Crippen molar-refractivity contribution in [2.24, 2.45) is 0 Å². The zero-order valence-corrected chi connectivity index (χ0v) is 12.0. The number of halogens is 2. The van der Waals surface area contributed by atoms with E-state index in [0.29, 0.717) is 12.1 Å². The number of aliphatic hydroxyl groups excluding tert-OH is 1. The molecule has 0 saturated carbocycles. The van der Waals surface area contributed by atoms with Gasteiger partial charge in [0.2, 0.25) is 0 Å². The molecular formula is C16H18F2N2O. The molecule has 0 amide bonds. The number of pyridine rings is 1. The zero-order valence-electron chi connectivity index (χ0n) is 12.0. The number of hydrogen-bond donors (Lipinski definition) is 2. The minimum Gasteiger partial charge on any atom is -0.387 e. The second kappa shape index (κ2) is 6.74. The highest BCUT2D eigenvalue weighted by atomic mass is 19.2. The van der Waals surface area contributed by atoms with Crippen molar-refractivity contribution in [2.45, 2.75) is 32.5 Å². The van der Waals surface area contributed by atoms with Gasteiger partial charge in [-0.05, 0) is 43.2 Å². The maximum Gasteiger partial charge on any atom is 0.159 e. The lowest BCUT2D eigenvalue weighted by atomic mass is 10.0. The Morgan fingerprint density at radius 2 is 2.00 bits per heavy atom. The molecule has 21 heavy (non-hydrogen) atoms. The number of benzene rings is 1. The lowest BCUT2D eigenvalue weighted by Gasteiger charge is -2.21. The Kier molecular flexibility index (Phi) is 4.98. The first-order valence-corrected chi connectivity index (χ1v) is 6.76. The second-order valence-corrected chi connectivity index (χ2v) is 5.04. The highest BCUT2D eigenvalue weighted by Gasteiger charge is 2.17. The number of rotatable bonds is 5. The van der Waals surface area contributed by atoms with E-state index in [9.17, 15) is 13.9 Å². The Morgan fingerprint density at radius 3 is 2.67 bits per heavy atom. The Bertz CT molecular complexity index is 619. The Morgan fingerprint density at radius 1 is 1.24 bits per heavy atom. The normalized spacial score (nSPS) is 14.0. The van der Waals surface area contributed by atoms with Crippen LogP contribution in [0, 0.1) is 18.6 Å². The molecule has 3 nitrogen and oxygen atoms in total. The first-order valence-electron chi connectivity index (χ1n) is 6.76. The minimum absolute atomic E-state index is 0.311. The number of nitrogens with one attached hydrogen (secondary N) is 1. The van der Waals surface area contributed by atoms with E-state index in [4.69, 9.17) is 0 Å². The van der Waals surface area contributed by atoms with E-state index in [1.54, 1.807) is 13.1 Å². The third-order valence-corrected chi connectivity index (χ3v) is 3.49. The zero-order chi connectivity index (χ0) is 15.4. The summed E-state index contributed by atoms with van der Waals surface area (Å²) in [5, 5.41) is 13.4. The molecule has 1 aromatic carbocycles. The van der Waals surface area contributed by atoms with Gasteiger partial charge in [0, 0.05) is 24.5 Å². The number of hydrogen-bond acceptors (Lipinski definition) is 3. The Balaban J connectivity index is 2.01. The molecule has 0 aliphatic heterocycles. The van der Waals surface area contributed by atoms with Crippen LogP contribution in [-0.4, -0.2) is 16.1 Å². The molecule has 0 radical (unpaired) electrons. The van der Waals surface area contributed by atoms with Gasteiger partial charge in [0.25, 0.3) is 0 Å². The minimum atomic E-state index is -0.957. The number of aliphatic hydroxyl groups is 1. The summed E-state index contributed by atoms with van der Waals surface area (Å²) in [7, 11) is 0. The summed E-state index contributed by atoms with van der Waals surface area (Å²) in [5.74, 6) is -1.88. The predicted octanol–water partition coefficient (Wildman–Crippen LogP) is 2.88. The van der Waals surface area contributed by atoms with Gasteiger partial charge in [-0.15, -0.1) is 0 Å². The van der Waals surface area contributed by atoms with Crippen LogP contribution in [0.2, 0.25) is 0 Å². The average molecular weight is 292 g/mol. The van der Waals surface area contributed by atoms with Crippen LogP contribution in [0.1, 0.15) is 29.8 Å². The van der Waals surface area contributed by atoms with Gasteiger partial charge in [-0.3, -0.25) is 4.98 Å². The smallest absolute Gasteiger partial charge is 0.159 e. The van der Waals surface area contributed by atoms with Gasteiger partial charge in [0.05, 0.1) is 6.10 Å². The van der Waals surface area contributed by atoms with Gasteiger partial charge in [-0.25, -0.2) is 8.78 Å². The lowest BCUT2D eigenvalue weighted by Crippen LogP contribution is -2.32. The van der Waals surface area contributed by atoms with Crippen molar-refractivity contribution in [3.63, 3.8) is 0 Å². The maximum atomic E-state index is 13.2. The fraction of sp³-hybridized carbons (Fsp3) is 0.312. The summed E-state index contributed by atoms with van der Waals surface area (Å²) in [6, 6.07) is 6.91. The molecule has 5 heteroatoms. The van der Waals surface area contributed by atoms with Crippen molar-refractivity contribution in [1.29, 1.82) is 0 Å². The van der Waals surface area contributed by atoms with Gasteiger partial charge >= 0.3 is 0 Å². The van der Waals surface area contributed by atoms with Crippen LogP contribution in [-0.2, 0) is 6.54 Å². The summed E-state index contributed by atoms with van der Waals surface area (Å²) in [6.07, 6.45) is 0.801. The molecule has 112 valence electrons. The summed E-state index contributed by atoms with van der Waals surface area (Å²) in [6.45, 7) is 4.24. The monoisotopic (exact) mass is 292 g/mol. The largest absolute Gasteiger partial charge is 0.387 e. The van der Waals surface area contributed by atoms with Crippen LogP contribution in [0.4, 0.5) is 8.78 Å². The van der Waals surface area contributed by atoms with E-state index in [1.165, 1.54) is 6.07 Å². The molecule has 0 spiro atoms. The molecule has 1 aromatic heterocycles. The topological polar surface area (TPSA) is 45.2 Å². The summed E-state index contributed by atoms with van der Waals surface area (Å²) in [4.78, 5) is 4.19. The van der Waals surface area contributed by atoms with E-state index in [0.717, 1.165) is 23.4 Å². The third-order valence-electron chi connectivity index (χ3n) is 3.49. The highest BCUT2D eigenvalue weighted by Crippen LogP contribution is 2.19. The molecule has 2 rings (SSSR count). The van der Waals surface area contributed by atoms with Gasteiger partial charge in [0.15, 0.2) is 11.6 Å². The number of aromatic nitrogens is 1. The van der Waals surface area contributed by atoms with Crippen LogP contribution in [0.3, 0.4) is 0 Å². The Hall–Kier alpha value is -1.85. The number of aryl methyl sites for hydroxylation is 1. The van der Waals surface area contributed by atoms with E-state index in [-0.39, 0.29) is 6.04 Å². The van der Waals surface area contributed by atoms with Crippen molar-refractivity contribution in [1.82, 2.24) is 10.3 Å². The molecule has 1 heterocycles. The van der Waals surface area contributed by atoms with Crippen molar-refractivity contribution in [3.05, 3.63) is 65.0 Å². The quantitative estimate of drug-likeness (QED) is 0.890. The fourth-order valence-electron chi connectivity index (χ4n) is 2.07. The average Bonchev–Trinajstić information content (AvgIpc) is 2.48. The molecule has 0 aliphatic carbocycles. The molecular weight excluding hydrogens is 274 g/mol. The molecule has 0 aliphatic rings. The van der Waals surface area contributed by atoms with Crippen molar-refractivity contribution in [3.8, 4) is 0 Å². The molecule has 2 N–H and O–H groups in total. The lowest BCUT2D eigenvalue weighted by molar-refractivity contribution is 0.135. The molecule has 0 bridgehead atoms. The van der Waals surface area contributed by atoms with Gasteiger partial charge in [-0.2, -0.15) is 0 Å². The summed E-state index contributed by atoms with van der Waals surface area (Å²) in [5.41, 5.74) is 2.29. The molecule has 2 atom stereocenters. The Labute approximate surface area is 122 Å². The van der Waals surface area contributed by atoms with Crippen molar-refractivity contribution >= 4 is 0 Å². The predicted molar refractivity (Wildman–Crippen MR) is 76.6 cm³/mol. The van der Waals surface area contributed by atoms with E-state index in [2.05, 4.69) is 10.3 Å².